The first-order chi connectivity index (χ1) is 5.28. The van der Waals surface area contributed by atoms with Crippen LogP contribution in [0.5, 0.6) is 0 Å². The lowest BCUT2D eigenvalue weighted by Crippen LogP contribution is -3.24. The van der Waals surface area contributed by atoms with Crippen molar-refractivity contribution in [2.24, 2.45) is 5.73 Å². The van der Waals surface area contributed by atoms with Crippen LogP contribution in [-0.4, -0.2) is 16.5 Å². The molecule has 0 heterocycles. The number of quaternary nitrogens is 1. The Morgan fingerprint density at radius 1 is 1.33 bits per heavy atom. The van der Waals surface area contributed by atoms with Crippen molar-refractivity contribution in [3.63, 3.8) is 0 Å². The van der Waals surface area contributed by atoms with Crippen molar-refractivity contribution >= 4 is 0 Å². The predicted octanol–water partition coefficient (Wildman–Crippen LogP) is -0.427. The standard InChI is InChI=1S/C8H20N2O2/c1-5-7(3,9)10(12)8(4,11)6-2/h10-11H,5-6,9H2,1-4H3. The third-order valence-electron chi connectivity index (χ3n) is 2.43. The zero-order chi connectivity index (χ0) is 9.99. The van der Waals surface area contributed by atoms with Gasteiger partial charge in [-0.3, -0.25) is 5.73 Å². The van der Waals surface area contributed by atoms with E-state index in [-0.39, 0.29) is 5.06 Å². The van der Waals surface area contributed by atoms with Gasteiger partial charge in [-0.2, -0.15) is 0 Å². The van der Waals surface area contributed by atoms with E-state index in [1.807, 2.05) is 6.92 Å². The number of hydroxylamine groups is 2. The van der Waals surface area contributed by atoms with Crippen molar-refractivity contribution in [3.8, 4) is 0 Å². The quantitative estimate of drug-likeness (QED) is 0.402. The van der Waals surface area contributed by atoms with Crippen LogP contribution in [0.1, 0.15) is 40.5 Å². The molecule has 0 fully saturated rings. The molecule has 74 valence electrons. The van der Waals surface area contributed by atoms with E-state index in [0.717, 1.165) is 0 Å². The third-order valence-corrected chi connectivity index (χ3v) is 2.43. The van der Waals surface area contributed by atoms with Crippen LogP contribution < -0.4 is 10.8 Å². The summed E-state index contributed by atoms with van der Waals surface area (Å²) in [5, 5.41) is 20.9. The van der Waals surface area contributed by atoms with Crippen molar-refractivity contribution in [1.29, 1.82) is 0 Å². The number of rotatable bonds is 4. The minimum absolute atomic E-state index is 0.278. The van der Waals surface area contributed by atoms with Crippen LogP contribution in [0.25, 0.3) is 0 Å². The van der Waals surface area contributed by atoms with Gasteiger partial charge < -0.3 is 15.4 Å². The summed E-state index contributed by atoms with van der Waals surface area (Å²) < 4.78 is 0. The normalized spacial score (nSPS) is 24.2. The molecule has 0 aromatic rings. The number of nitrogens with one attached hydrogen (secondary N) is 1. The third kappa shape index (κ3) is 2.42. The van der Waals surface area contributed by atoms with Gasteiger partial charge in [0.15, 0.2) is 5.72 Å². The summed E-state index contributed by atoms with van der Waals surface area (Å²) in [6.07, 6.45) is 0.945. The highest BCUT2D eigenvalue weighted by molar-refractivity contribution is 4.66. The maximum atomic E-state index is 11.6. The van der Waals surface area contributed by atoms with Gasteiger partial charge in [0.25, 0.3) is 0 Å². The van der Waals surface area contributed by atoms with E-state index in [0.29, 0.717) is 12.8 Å². The minimum Gasteiger partial charge on any atom is -0.631 e. The number of nitrogens with two attached hydrogens (primary N) is 1. The van der Waals surface area contributed by atoms with Crippen LogP contribution in [0, 0.1) is 5.21 Å². The van der Waals surface area contributed by atoms with Gasteiger partial charge in [-0.1, -0.05) is 13.8 Å². The van der Waals surface area contributed by atoms with Crippen molar-refractivity contribution in [1.82, 2.24) is 0 Å². The van der Waals surface area contributed by atoms with Crippen LogP contribution in [0.15, 0.2) is 0 Å². The summed E-state index contributed by atoms with van der Waals surface area (Å²) in [4.78, 5) is 0. The molecule has 0 bridgehead atoms. The molecule has 0 rings (SSSR count). The van der Waals surface area contributed by atoms with Gasteiger partial charge in [0.05, 0.1) is 0 Å². The van der Waals surface area contributed by atoms with Crippen LogP contribution >= 0.6 is 0 Å². The maximum absolute atomic E-state index is 11.6. The van der Waals surface area contributed by atoms with Gasteiger partial charge in [0.2, 0.25) is 0 Å². The van der Waals surface area contributed by atoms with Crippen LogP contribution in [0.4, 0.5) is 0 Å². The molecule has 0 aliphatic carbocycles. The summed E-state index contributed by atoms with van der Waals surface area (Å²) >= 11 is 0. The lowest BCUT2D eigenvalue weighted by Gasteiger charge is -2.45. The second-order valence-electron chi connectivity index (χ2n) is 3.73. The summed E-state index contributed by atoms with van der Waals surface area (Å²) in [7, 11) is 0. The van der Waals surface area contributed by atoms with Crippen LogP contribution in [0.3, 0.4) is 0 Å². The second kappa shape index (κ2) is 3.70. The molecule has 4 nitrogen and oxygen atoms in total. The van der Waals surface area contributed by atoms with E-state index in [4.69, 9.17) is 5.73 Å². The first-order valence-corrected chi connectivity index (χ1v) is 4.34. The number of hydrogen-bond donors (Lipinski definition) is 3. The molecule has 0 saturated carbocycles. The Morgan fingerprint density at radius 2 is 1.75 bits per heavy atom. The molecule has 4 N–H and O–H groups in total. The molecule has 0 spiro atoms. The topological polar surface area (TPSA) is 73.8 Å². The highest BCUT2D eigenvalue weighted by Gasteiger charge is 2.36. The Balaban J connectivity index is 4.47. The van der Waals surface area contributed by atoms with E-state index in [1.165, 1.54) is 6.92 Å². The Morgan fingerprint density at radius 3 is 2.00 bits per heavy atom. The number of hydrogen-bond acceptors (Lipinski definition) is 3. The van der Waals surface area contributed by atoms with Crippen LogP contribution in [0.2, 0.25) is 0 Å². The predicted molar refractivity (Wildman–Crippen MR) is 48.1 cm³/mol. The largest absolute Gasteiger partial charge is 0.631 e. The molecular formula is C8H20N2O2. The number of aliphatic hydroxyl groups is 1. The van der Waals surface area contributed by atoms with Gasteiger partial charge in [-0.15, -0.1) is 0 Å². The van der Waals surface area contributed by atoms with Crippen molar-refractivity contribution in [2.45, 2.75) is 51.9 Å². The molecule has 0 radical (unpaired) electrons. The Labute approximate surface area is 73.9 Å². The average molecular weight is 176 g/mol. The summed E-state index contributed by atoms with van der Waals surface area (Å²) in [6.45, 7) is 6.77. The van der Waals surface area contributed by atoms with Crippen LogP contribution in [-0.2, 0) is 0 Å². The summed E-state index contributed by atoms with van der Waals surface area (Å²) in [6, 6.07) is 0. The molecule has 3 unspecified atom stereocenters. The fourth-order valence-electron chi connectivity index (χ4n) is 0.936. The molecule has 4 heteroatoms. The second-order valence-corrected chi connectivity index (χ2v) is 3.73. The molecule has 0 aliphatic heterocycles. The minimum atomic E-state index is -1.28. The Bertz CT molecular complexity index is 130. The van der Waals surface area contributed by atoms with E-state index in [9.17, 15) is 10.3 Å². The van der Waals surface area contributed by atoms with E-state index in [1.54, 1.807) is 13.8 Å². The van der Waals surface area contributed by atoms with E-state index >= 15 is 0 Å². The molecular weight excluding hydrogens is 156 g/mol. The molecule has 0 aromatic heterocycles. The van der Waals surface area contributed by atoms with E-state index < -0.39 is 11.4 Å². The lowest BCUT2D eigenvalue weighted by molar-refractivity contribution is -0.977. The first-order valence-electron chi connectivity index (χ1n) is 4.34. The summed E-state index contributed by atoms with van der Waals surface area (Å²) in [5.74, 6) is 0. The molecule has 0 aromatic carbocycles. The maximum Gasteiger partial charge on any atom is 0.197 e. The highest BCUT2D eigenvalue weighted by atomic mass is 16.5. The van der Waals surface area contributed by atoms with E-state index in [2.05, 4.69) is 0 Å². The molecule has 0 amide bonds. The van der Waals surface area contributed by atoms with Crippen molar-refractivity contribution in [2.75, 3.05) is 0 Å². The summed E-state index contributed by atoms with van der Waals surface area (Å²) in [5.41, 5.74) is 3.53. The van der Waals surface area contributed by atoms with Gasteiger partial charge >= 0.3 is 0 Å². The van der Waals surface area contributed by atoms with Gasteiger partial charge in [-0.25, -0.2) is 0 Å². The average Bonchev–Trinajstić information content (AvgIpc) is 2.03. The Kier molecular flexibility index (Phi) is 3.65. The fourth-order valence-corrected chi connectivity index (χ4v) is 0.936. The zero-order valence-electron chi connectivity index (χ0n) is 8.35. The molecule has 12 heavy (non-hydrogen) atoms. The molecule has 3 atom stereocenters. The van der Waals surface area contributed by atoms with Crippen molar-refractivity contribution < 1.29 is 10.2 Å². The smallest absolute Gasteiger partial charge is 0.197 e. The van der Waals surface area contributed by atoms with Gasteiger partial charge in [0.1, 0.15) is 5.66 Å². The molecule has 0 saturated heterocycles. The SMILES string of the molecule is CCC(C)(N)[NH+]([O-])C(C)(O)CC. The van der Waals surface area contributed by atoms with Gasteiger partial charge in [0, 0.05) is 26.7 Å². The highest BCUT2D eigenvalue weighted by Crippen LogP contribution is 2.03. The monoisotopic (exact) mass is 176 g/mol. The Hall–Kier alpha value is -0.160. The van der Waals surface area contributed by atoms with Gasteiger partial charge in [-0.05, 0) is 0 Å². The first kappa shape index (κ1) is 11.8. The fraction of sp³-hybridized carbons (Fsp3) is 1.00. The zero-order valence-corrected chi connectivity index (χ0v) is 8.35. The lowest BCUT2D eigenvalue weighted by atomic mass is 10.1. The van der Waals surface area contributed by atoms with Crippen molar-refractivity contribution in [3.05, 3.63) is 5.21 Å². The molecule has 0 aliphatic rings.